The third-order valence-corrected chi connectivity index (χ3v) is 6.23. The number of furan rings is 1. The highest BCUT2D eigenvalue weighted by atomic mass is 32.2. The van der Waals surface area contributed by atoms with E-state index in [0.717, 1.165) is 30.6 Å². The summed E-state index contributed by atoms with van der Waals surface area (Å²) < 4.78 is 49.6. The fraction of sp³-hybridized carbons (Fsp3) is 0.240. The molecule has 0 fully saturated rings. The summed E-state index contributed by atoms with van der Waals surface area (Å²) in [7, 11) is -4.33. The second-order valence-corrected chi connectivity index (χ2v) is 9.60. The van der Waals surface area contributed by atoms with Gasteiger partial charge in [0.1, 0.15) is 5.76 Å². The Morgan fingerprint density at radius 2 is 1.57 bits per heavy atom. The first kappa shape index (κ1) is 29.8. The van der Waals surface area contributed by atoms with Gasteiger partial charge >= 0.3 is 28.0 Å². The molecule has 0 aliphatic heterocycles. The Hall–Kier alpha value is -4.76. The third-order valence-electron chi connectivity index (χ3n) is 5.12. The van der Waals surface area contributed by atoms with Crippen LogP contribution in [0.25, 0.3) is 5.69 Å². The number of ether oxygens (including phenoxy) is 3. The van der Waals surface area contributed by atoms with Crippen LogP contribution in [-0.4, -0.2) is 56.6 Å². The minimum absolute atomic E-state index is 0.0277. The lowest BCUT2D eigenvalue weighted by atomic mass is 10.1. The summed E-state index contributed by atoms with van der Waals surface area (Å²) in [5.74, 6) is -2.78. The molecule has 212 valence electrons. The Morgan fingerprint density at radius 3 is 2.23 bits per heavy atom. The second kappa shape index (κ2) is 12.9. The van der Waals surface area contributed by atoms with Gasteiger partial charge in [-0.3, -0.25) is 14.4 Å². The zero-order chi connectivity index (χ0) is 29.4. The first-order valence-corrected chi connectivity index (χ1v) is 12.9. The van der Waals surface area contributed by atoms with E-state index in [0.29, 0.717) is 5.69 Å². The summed E-state index contributed by atoms with van der Waals surface area (Å²) in [5, 5.41) is 3.21. The number of rotatable bonds is 11. The van der Waals surface area contributed by atoms with E-state index in [2.05, 4.69) is 24.2 Å². The normalized spacial score (nSPS) is 11.3. The Labute approximate surface area is 228 Å². The molecule has 2 heterocycles. The minimum atomic E-state index is -4.33. The molecule has 0 unspecified atom stereocenters. The molecule has 0 spiro atoms. The van der Waals surface area contributed by atoms with Crippen LogP contribution in [0.4, 0.5) is 0 Å². The number of hydrogen-bond donors (Lipinski definition) is 1. The van der Waals surface area contributed by atoms with Gasteiger partial charge in [-0.1, -0.05) is 0 Å². The number of aromatic nitrogens is 1. The summed E-state index contributed by atoms with van der Waals surface area (Å²) in [4.78, 5) is 47.2. The Bertz CT molecular complexity index is 1550. The maximum Gasteiger partial charge on any atom is 0.343 e. The molecule has 0 aliphatic carbocycles. The van der Waals surface area contributed by atoms with Gasteiger partial charge < -0.3 is 23.2 Å². The molecule has 14 nitrogen and oxygen atoms in total. The van der Waals surface area contributed by atoms with Crippen molar-refractivity contribution in [2.24, 2.45) is 5.10 Å². The molecule has 3 aromatic rings. The molecule has 2 aromatic heterocycles. The molecule has 0 aliphatic rings. The van der Waals surface area contributed by atoms with Gasteiger partial charge in [-0.2, -0.15) is 13.5 Å². The highest BCUT2D eigenvalue weighted by Crippen LogP contribution is 2.23. The number of benzene rings is 1. The summed E-state index contributed by atoms with van der Waals surface area (Å²) in [5.41, 5.74) is 4.45. The van der Waals surface area contributed by atoms with Crippen LogP contribution in [0.2, 0.25) is 0 Å². The summed E-state index contributed by atoms with van der Waals surface area (Å²) >= 11 is 0. The fourth-order valence-electron chi connectivity index (χ4n) is 3.31. The fourth-order valence-corrected chi connectivity index (χ4v) is 4.03. The lowest BCUT2D eigenvalue weighted by Crippen LogP contribution is -2.19. The van der Waals surface area contributed by atoms with Crippen molar-refractivity contribution in [2.75, 3.05) is 13.6 Å². The number of nitrogens with one attached hydrogen (secondary N) is 1. The van der Waals surface area contributed by atoms with E-state index in [1.807, 2.05) is 26.0 Å². The van der Waals surface area contributed by atoms with Crippen molar-refractivity contribution in [3.63, 3.8) is 0 Å². The van der Waals surface area contributed by atoms with E-state index in [1.165, 1.54) is 31.2 Å². The average Bonchev–Trinajstić information content (AvgIpc) is 3.49. The van der Waals surface area contributed by atoms with Gasteiger partial charge in [0, 0.05) is 30.8 Å². The average molecular weight is 576 g/mol. The number of carbonyl (C=O) groups is 4. The smallest absolute Gasteiger partial charge is 0.343 e. The van der Waals surface area contributed by atoms with E-state index in [1.54, 1.807) is 4.57 Å². The van der Waals surface area contributed by atoms with Crippen LogP contribution in [0.15, 0.2) is 57.1 Å². The van der Waals surface area contributed by atoms with Gasteiger partial charge in [0.25, 0.3) is 5.91 Å². The number of nitrogens with zero attached hydrogens (tertiary/aromatic N) is 2. The van der Waals surface area contributed by atoms with E-state index < -0.39 is 52.6 Å². The summed E-state index contributed by atoms with van der Waals surface area (Å²) in [6.45, 7) is 4.52. The molecule has 15 heteroatoms. The zero-order valence-corrected chi connectivity index (χ0v) is 22.6. The number of carbonyl (C=O) groups excluding carboxylic acids is 4. The molecule has 3 rings (SSSR count). The third kappa shape index (κ3) is 7.64. The molecule has 0 radical (unpaired) electrons. The molecule has 0 atom stereocenters. The van der Waals surface area contributed by atoms with Gasteiger partial charge in [-0.05, 0) is 56.3 Å². The van der Waals surface area contributed by atoms with Crippen molar-refractivity contribution < 1.29 is 50.4 Å². The van der Waals surface area contributed by atoms with Crippen LogP contribution >= 0.6 is 0 Å². The van der Waals surface area contributed by atoms with E-state index in [4.69, 9.17) is 9.15 Å². The monoisotopic (exact) mass is 575 g/mol. The molecule has 0 saturated heterocycles. The lowest BCUT2D eigenvalue weighted by Gasteiger charge is -2.15. The maximum atomic E-state index is 12.8. The number of aryl methyl sites for hydroxylation is 2. The van der Waals surface area contributed by atoms with E-state index >= 15 is 0 Å². The maximum absolute atomic E-state index is 12.8. The van der Waals surface area contributed by atoms with Crippen LogP contribution in [0.1, 0.15) is 51.7 Å². The van der Waals surface area contributed by atoms with Gasteiger partial charge in [0.15, 0.2) is 0 Å². The molecule has 1 amide bonds. The molecule has 40 heavy (non-hydrogen) atoms. The van der Waals surface area contributed by atoms with Gasteiger partial charge in [0.2, 0.25) is 18.7 Å². The highest BCUT2D eigenvalue weighted by Gasteiger charge is 2.21. The topological polar surface area (TPSA) is 182 Å². The van der Waals surface area contributed by atoms with Crippen molar-refractivity contribution in [1.82, 2.24) is 9.99 Å². The largest absolute Gasteiger partial charge is 0.441 e. The van der Waals surface area contributed by atoms with Crippen LogP contribution in [0, 0.1) is 13.8 Å². The second-order valence-electron chi connectivity index (χ2n) is 8.05. The van der Waals surface area contributed by atoms with Crippen LogP contribution in [0.3, 0.4) is 0 Å². The first-order chi connectivity index (χ1) is 18.9. The Kier molecular flexibility index (Phi) is 9.58. The number of esters is 3. The molecule has 0 saturated carbocycles. The lowest BCUT2D eigenvalue weighted by molar-refractivity contribution is -0.149. The van der Waals surface area contributed by atoms with Crippen molar-refractivity contribution >= 4 is 40.1 Å². The van der Waals surface area contributed by atoms with Gasteiger partial charge in [-0.15, -0.1) is 0 Å². The molecule has 0 bridgehead atoms. The standard InChI is InChI=1S/C25H25N3O11S/c1-15-5-6-16(2)28(15)22-11-19(7-9-21(22)25(32)37-13-35-17(3)29)24(31)27-26-12-20-8-10-23(39-20)40(33,34)38-14-36-18(4)30/h5-12H,13-14H2,1-4H3,(H,27,31). The molecule has 1 aromatic carbocycles. The SMILES string of the molecule is CC(=O)OCOC(=O)c1ccc(C(=O)NN=Cc2ccc(S(=O)(=O)OCOC(C)=O)o2)cc1-n1c(C)ccc1C. The predicted octanol–water partition coefficient (Wildman–Crippen LogP) is 2.35. The zero-order valence-electron chi connectivity index (χ0n) is 21.8. The highest BCUT2D eigenvalue weighted by molar-refractivity contribution is 7.86. The van der Waals surface area contributed by atoms with Gasteiger partial charge in [-0.25, -0.2) is 14.4 Å². The predicted molar refractivity (Wildman–Crippen MR) is 136 cm³/mol. The van der Waals surface area contributed by atoms with Crippen molar-refractivity contribution in [3.05, 3.63) is 70.7 Å². The van der Waals surface area contributed by atoms with Crippen LogP contribution in [-0.2, 0) is 38.1 Å². The quantitative estimate of drug-likeness (QED) is 0.116. The first-order valence-electron chi connectivity index (χ1n) is 11.4. The van der Waals surface area contributed by atoms with Crippen molar-refractivity contribution in [1.29, 1.82) is 0 Å². The van der Waals surface area contributed by atoms with Crippen molar-refractivity contribution in [2.45, 2.75) is 32.8 Å². The number of hydrazone groups is 1. The van der Waals surface area contributed by atoms with Crippen LogP contribution < -0.4 is 5.43 Å². The van der Waals surface area contributed by atoms with Crippen LogP contribution in [0.5, 0.6) is 0 Å². The Morgan fingerprint density at radius 1 is 0.925 bits per heavy atom. The Balaban J connectivity index is 1.76. The van der Waals surface area contributed by atoms with E-state index in [-0.39, 0.29) is 16.9 Å². The molecular formula is C25H25N3O11S. The van der Waals surface area contributed by atoms with Gasteiger partial charge in [0.05, 0.1) is 17.5 Å². The summed E-state index contributed by atoms with van der Waals surface area (Å²) in [6.07, 6.45) is 1.06. The number of hydrogen-bond acceptors (Lipinski definition) is 12. The summed E-state index contributed by atoms with van der Waals surface area (Å²) in [6, 6.07) is 10.3. The number of amides is 1. The molecular weight excluding hydrogens is 550 g/mol. The van der Waals surface area contributed by atoms with E-state index in [9.17, 15) is 27.6 Å². The van der Waals surface area contributed by atoms with Crippen molar-refractivity contribution in [3.8, 4) is 5.69 Å². The molecule has 1 N–H and O–H groups in total. The minimum Gasteiger partial charge on any atom is -0.441 e.